The van der Waals surface area contributed by atoms with Crippen LogP contribution in [0.4, 0.5) is 4.39 Å². The van der Waals surface area contributed by atoms with Crippen LogP contribution in [-0.2, 0) is 21.4 Å². The molecule has 30 heavy (non-hydrogen) atoms. The number of nitrogens with one attached hydrogen (secondary N) is 1. The molecule has 2 atom stereocenters. The van der Waals surface area contributed by atoms with Crippen molar-refractivity contribution in [1.82, 2.24) is 19.5 Å². The summed E-state index contributed by atoms with van der Waals surface area (Å²) in [5.74, 6) is 0.518. The minimum Gasteiger partial charge on any atom is -0.372 e. The Bertz CT molecular complexity index is 1130. The van der Waals surface area contributed by atoms with E-state index in [0.717, 1.165) is 23.3 Å². The lowest BCUT2D eigenvalue weighted by Crippen LogP contribution is -2.32. The largest absolute Gasteiger partial charge is 0.372 e. The molecule has 158 valence electrons. The minimum absolute atomic E-state index is 0.0282. The highest BCUT2D eigenvalue weighted by Crippen LogP contribution is 2.36. The van der Waals surface area contributed by atoms with E-state index in [4.69, 9.17) is 4.74 Å². The third-order valence-electron chi connectivity index (χ3n) is 5.12. The molecule has 1 aliphatic rings. The Balaban J connectivity index is 1.58. The van der Waals surface area contributed by atoms with E-state index in [-0.39, 0.29) is 17.5 Å². The number of sulfonamides is 1. The van der Waals surface area contributed by atoms with E-state index in [1.54, 1.807) is 6.92 Å². The number of nitrogens with zero attached hydrogens (tertiary/aromatic N) is 3. The van der Waals surface area contributed by atoms with Crippen molar-refractivity contribution in [3.05, 3.63) is 77.1 Å². The van der Waals surface area contributed by atoms with Crippen molar-refractivity contribution < 1.29 is 17.5 Å². The number of benzene rings is 2. The van der Waals surface area contributed by atoms with Gasteiger partial charge in [-0.05, 0) is 50.1 Å². The van der Waals surface area contributed by atoms with Gasteiger partial charge < -0.3 is 4.74 Å². The fourth-order valence-electron chi connectivity index (χ4n) is 3.66. The molecule has 0 unspecified atom stereocenters. The molecule has 0 amide bonds. The fraction of sp³-hybridized carbons (Fsp3) is 0.333. The van der Waals surface area contributed by atoms with Crippen LogP contribution < -0.4 is 0 Å². The standard InChI is InChI=1S/C21H23FN4O3S/c1-14-4-3-5-16(10-14)13-29-18-11-20(21-23-15(2)24-25-21)26(12-18)30(27,28)19-8-6-17(22)7-9-19/h3-10,18,20H,11-13H2,1-2H3,(H,23,24,25)/t18-,20-/m0/s1. The molecule has 1 aliphatic heterocycles. The molecule has 0 saturated carbocycles. The van der Waals surface area contributed by atoms with Crippen molar-refractivity contribution in [2.75, 3.05) is 6.54 Å². The van der Waals surface area contributed by atoms with Gasteiger partial charge >= 0.3 is 0 Å². The van der Waals surface area contributed by atoms with Crippen LogP contribution in [0.3, 0.4) is 0 Å². The molecule has 1 N–H and O–H groups in total. The SMILES string of the molecule is Cc1cccc(CO[C@H]2C[C@@H](c3n[nH]c(C)n3)N(S(=O)(=O)c3ccc(F)cc3)C2)c1. The second kappa shape index (κ2) is 8.25. The molecular formula is C21H23FN4O3S. The third-order valence-corrected chi connectivity index (χ3v) is 7.01. The summed E-state index contributed by atoms with van der Waals surface area (Å²) in [5.41, 5.74) is 2.16. The zero-order chi connectivity index (χ0) is 21.3. The maximum Gasteiger partial charge on any atom is 0.243 e. The van der Waals surface area contributed by atoms with Crippen LogP contribution in [0.15, 0.2) is 53.4 Å². The van der Waals surface area contributed by atoms with E-state index in [2.05, 4.69) is 15.2 Å². The van der Waals surface area contributed by atoms with Crippen molar-refractivity contribution in [2.24, 2.45) is 0 Å². The average Bonchev–Trinajstić information content (AvgIpc) is 3.33. The molecule has 9 heteroatoms. The van der Waals surface area contributed by atoms with Gasteiger partial charge in [-0.25, -0.2) is 17.8 Å². The molecule has 0 aliphatic carbocycles. The van der Waals surface area contributed by atoms with E-state index in [9.17, 15) is 12.8 Å². The van der Waals surface area contributed by atoms with Crippen molar-refractivity contribution in [1.29, 1.82) is 0 Å². The summed E-state index contributed by atoms with van der Waals surface area (Å²) in [6.07, 6.45) is 0.119. The summed E-state index contributed by atoms with van der Waals surface area (Å²) < 4.78 is 47.3. The highest BCUT2D eigenvalue weighted by atomic mass is 32.2. The molecule has 4 rings (SSSR count). The van der Waals surface area contributed by atoms with Crippen molar-refractivity contribution in [3.63, 3.8) is 0 Å². The van der Waals surface area contributed by atoms with E-state index in [1.807, 2.05) is 31.2 Å². The Morgan fingerprint density at radius 3 is 2.63 bits per heavy atom. The lowest BCUT2D eigenvalue weighted by atomic mass is 10.1. The van der Waals surface area contributed by atoms with Crippen LogP contribution >= 0.6 is 0 Å². The third kappa shape index (κ3) is 4.28. The van der Waals surface area contributed by atoms with E-state index >= 15 is 0 Å². The average molecular weight is 431 g/mol. The lowest BCUT2D eigenvalue weighted by Gasteiger charge is -2.21. The molecule has 2 aromatic carbocycles. The van der Waals surface area contributed by atoms with Gasteiger partial charge in [0.05, 0.1) is 23.6 Å². The van der Waals surface area contributed by atoms with Gasteiger partial charge in [0.1, 0.15) is 11.6 Å². The number of aromatic amines is 1. The Hall–Kier alpha value is -2.62. The van der Waals surface area contributed by atoms with E-state index in [0.29, 0.717) is 24.7 Å². The first-order chi connectivity index (χ1) is 14.3. The number of halogens is 1. The molecule has 7 nitrogen and oxygen atoms in total. The van der Waals surface area contributed by atoms with Gasteiger partial charge in [-0.3, -0.25) is 5.10 Å². The monoisotopic (exact) mass is 430 g/mol. The van der Waals surface area contributed by atoms with E-state index in [1.165, 1.54) is 16.4 Å². The van der Waals surface area contributed by atoms with Crippen LogP contribution in [0, 0.1) is 19.7 Å². The normalized spacial score (nSPS) is 20.0. The Labute approximate surface area is 175 Å². The molecule has 0 radical (unpaired) electrons. The van der Waals surface area contributed by atoms with Crippen LogP contribution in [0.2, 0.25) is 0 Å². The number of hydrogen-bond donors (Lipinski definition) is 1. The summed E-state index contributed by atoms with van der Waals surface area (Å²) in [4.78, 5) is 4.37. The number of rotatable bonds is 6. The summed E-state index contributed by atoms with van der Waals surface area (Å²) in [5, 5.41) is 6.95. The Morgan fingerprint density at radius 1 is 1.20 bits per heavy atom. The second-order valence-electron chi connectivity index (χ2n) is 7.48. The zero-order valence-corrected chi connectivity index (χ0v) is 17.6. The van der Waals surface area contributed by atoms with Crippen molar-refractivity contribution >= 4 is 10.0 Å². The van der Waals surface area contributed by atoms with Gasteiger partial charge in [-0.15, -0.1) is 0 Å². The van der Waals surface area contributed by atoms with Crippen LogP contribution in [0.25, 0.3) is 0 Å². The van der Waals surface area contributed by atoms with Crippen LogP contribution in [-0.4, -0.2) is 40.6 Å². The maximum atomic E-state index is 13.3. The number of H-pyrrole nitrogens is 1. The molecule has 1 saturated heterocycles. The van der Waals surface area contributed by atoms with Crippen LogP contribution in [0.1, 0.15) is 35.2 Å². The van der Waals surface area contributed by atoms with Gasteiger partial charge in [0, 0.05) is 6.54 Å². The zero-order valence-electron chi connectivity index (χ0n) is 16.7. The molecule has 1 aromatic heterocycles. The van der Waals surface area contributed by atoms with Crippen molar-refractivity contribution in [2.45, 2.75) is 43.9 Å². The quantitative estimate of drug-likeness (QED) is 0.648. The summed E-state index contributed by atoms with van der Waals surface area (Å²) >= 11 is 0. The Kier molecular flexibility index (Phi) is 5.68. The predicted molar refractivity (Wildman–Crippen MR) is 109 cm³/mol. The second-order valence-corrected chi connectivity index (χ2v) is 9.37. The maximum absolute atomic E-state index is 13.3. The number of aryl methyl sites for hydroxylation is 2. The molecule has 2 heterocycles. The van der Waals surface area contributed by atoms with Gasteiger partial charge in [0.2, 0.25) is 10.0 Å². The highest BCUT2D eigenvalue weighted by molar-refractivity contribution is 7.89. The van der Waals surface area contributed by atoms with Crippen molar-refractivity contribution in [3.8, 4) is 0 Å². The molecular weight excluding hydrogens is 407 g/mol. The first-order valence-corrected chi connectivity index (χ1v) is 11.1. The van der Waals surface area contributed by atoms with Crippen LogP contribution in [0.5, 0.6) is 0 Å². The summed E-state index contributed by atoms with van der Waals surface area (Å²) in [7, 11) is -3.87. The molecule has 3 aromatic rings. The number of aromatic nitrogens is 3. The fourth-order valence-corrected chi connectivity index (χ4v) is 5.29. The first kappa shape index (κ1) is 20.6. The summed E-state index contributed by atoms with van der Waals surface area (Å²) in [6, 6.07) is 12.3. The first-order valence-electron chi connectivity index (χ1n) is 9.66. The molecule has 1 fully saturated rings. The number of hydrogen-bond acceptors (Lipinski definition) is 5. The number of ether oxygens (including phenoxy) is 1. The predicted octanol–water partition coefficient (Wildman–Crippen LogP) is 3.28. The highest BCUT2D eigenvalue weighted by Gasteiger charge is 2.43. The van der Waals surface area contributed by atoms with Gasteiger partial charge in [0.25, 0.3) is 0 Å². The minimum atomic E-state index is -3.87. The van der Waals surface area contributed by atoms with E-state index < -0.39 is 21.9 Å². The topological polar surface area (TPSA) is 88.2 Å². The van der Waals surface area contributed by atoms with Gasteiger partial charge in [-0.2, -0.15) is 9.40 Å². The molecule has 0 spiro atoms. The lowest BCUT2D eigenvalue weighted by molar-refractivity contribution is 0.0500. The smallest absolute Gasteiger partial charge is 0.243 e. The van der Waals surface area contributed by atoms with Gasteiger partial charge in [0.15, 0.2) is 5.82 Å². The molecule has 0 bridgehead atoms. The Morgan fingerprint density at radius 2 is 1.97 bits per heavy atom. The van der Waals surface area contributed by atoms with Gasteiger partial charge in [-0.1, -0.05) is 29.8 Å². The summed E-state index contributed by atoms with van der Waals surface area (Å²) in [6.45, 7) is 4.33.